The summed E-state index contributed by atoms with van der Waals surface area (Å²) >= 11 is 0. The van der Waals surface area contributed by atoms with Crippen molar-refractivity contribution >= 4 is 11.8 Å². The molecule has 5 heteroatoms. The van der Waals surface area contributed by atoms with Gasteiger partial charge in [0.05, 0.1) is 6.61 Å². The van der Waals surface area contributed by atoms with Crippen molar-refractivity contribution in [3.63, 3.8) is 0 Å². The maximum atomic E-state index is 12.1. The minimum absolute atomic E-state index is 0.0108. The number of primary amides is 1. The molecule has 0 fully saturated rings. The predicted molar refractivity (Wildman–Crippen MR) is 80.5 cm³/mol. The Balaban J connectivity index is 2.84. The van der Waals surface area contributed by atoms with E-state index in [1.165, 1.54) is 0 Å². The lowest BCUT2D eigenvalue weighted by atomic mass is 10.0. The first-order chi connectivity index (χ1) is 9.93. The lowest BCUT2D eigenvalue weighted by molar-refractivity contribution is -0.118. The number of hydrogen-bond acceptors (Lipinski definition) is 3. The van der Waals surface area contributed by atoms with Gasteiger partial charge in [-0.25, -0.2) is 0 Å². The summed E-state index contributed by atoms with van der Waals surface area (Å²) in [7, 11) is 0. The summed E-state index contributed by atoms with van der Waals surface area (Å²) in [5.41, 5.74) is 7.28. The highest BCUT2D eigenvalue weighted by molar-refractivity contribution is 5.95. The van der Waals surface area contributed by atoms with E-state index in [4.69, 9.17) is 10.8 Å². The Kier molecular flexibility index (Phi) is 6.44. The molecule has 1 atom stereocenters. The number of hydrogen-bond donors (Lipinski definition) is 3. The molecule has 21 heavy (non-hydrogen) atoms. The van der Waals surface area contributed by atoms with Crippen LogP contribution in [0.4, 0.5) is 0 Å². The zero-order valence-electron chi connectivity index (χ0n) is 12.3. The SMILES string of the molecule is Cc1ccc(C(=O)NC(C)CC(N)=O)cc1C#CCCO. The van der Waals surface area contributed by atoms with Gasteiger partial charge in [0.25, 0.3) is 5.91 Å². The second kappa shape index (κ2) is 8.08. The Morgan fingerprint density at radius 1 is 1.43 bits per heavy atom. The summed E-state index contributed by atoms with van der Waals surface area (Å²) in [6, 6.07) is 4.90. The Morgan fingerprint density at radius 3 is 2.76 bits per heavy atom. The second-order valence-electron chi connectivity index (χ2n) is 4.85. The topological polar surface area (TPSA) is 92.4 Å². The monoisotopic (exact) mass is 288 g/mol. The number of amides is 2. The van der Waals surface area contributed by atoms with Crippen LogP contribution in [-0.4, -0.2) is 29.6 Å². The Hall–Kier alpha value is -2.32. The molecule has 0 saturated carbocycles. The molecule has 0 saturated heterocycles. The standard InChI is InChI=1S/C16H20N2O3/c1-11-6-7-14(10-13(11)5-3-4-8-19)16(21)18-12(2)9-15(17)20/h6-7,10,12,19H,4,8-9H2,1-2H3,(H2,17,20)(H,18,21). The van der Waals surface area contributed by atoms with Crippen LogP contribution in [0.15, 0.2) is 18.2 Å². The molecular weight excluding hydrogens is 268 g/mol. The minimum atomic E-state index is -0.456. The van der Waals surface area contributed by atoms with Crippen molar-refractivity contribution in [2.45, 2.75) is 32.7 Å². The van der Waals surface area contributed by atoms with Crippen molar-refractivity contribution in [1.29, 1.82) is 0 Å². The third-order valence-electron chi connectivity index (χ3n) is 2.84. The quantitative estimate of drug-likeness (QED) is 0.697. The van der Waals surface area contributed by atoms with Crippen LogP contribution in [0.1, 0.15) is 41.3 Å². The van der Waals surface area contributed by atoms with Crippen LogP contribution in [0.5, 0.6) is 0 Å². The summed E-state index contributed by atoms with van der Waals surface area (Å²) in [6.07, 6.45) is 0.492. The van der Waals surface area contributed by atoms with Gasteiger partial charge < -0.3 is 16.2 Å². The van der Waals surface area contributed by atoms with Gasteiger partial charge in [-0.2, -0.15) is 0 Å². The van der Waals surface area contributed by atoms with Gasteiger partial charge in [-0.3, -0.25) is 9.59 Å². The Bertz CT molecular complexity index is 585. The highest BCUT2D eigenvalue weighted by Gasteiger charge is 2.12. The molecule has 1 aromatic rings. The molecule has 4 N–H and O–H groups in total. The van der Waals surface area contributed by atoms with Crippen LogP contribution in [0.2, 0.25) is 0 Å². The van der Waals surface area contributed by atoms with Gasteiger partial charge in [-0.05, 0) is 31.5 Å². The zero-order valence-corrected chi connectivity index (χ0v) is 12.3. The van der Waals surface area contributed by atoms with E-state index in [-0.39, 0.29) is 25.0 Å². The van der Waals surface area contributed by atoms with Crippen molar-refractivity contribution < 1.29 is 14.7 Å². The van der Waals surface area contributed by atoms with Crippen molar-refractivity contribution in [1.82, 2.24) is 5.32 Å². The Labute approximate surface area is 124 Å². The van der Waals surface area contributed by atoms with Crippen molar-refractivity contribution in [2.75, 3.05) is 6.61 Å². The van der Waals surface area contributed by atoms with E-state index in [1.807, 2.05) is 13.0 Å². The van der Waals surface area contributed by atoms with Gasteiger partial charge in [0.1, 0.15) is 0 Å². The summed E-state index contributed by atoms with van der Waals surface area (Å²) < 4.78 is 0. The largest absolute Gasteiger partial charge is 0.395 e. The predicted octanol–water partition coefficient (Wildman–Crippen LogP) is 0.723. The normalized spacial score (nSPS) is 11.2. The molecule has 2 amide bonds. The number of carbonyl (C=O) groups excluding carboxylic acids is 2. The van der Waals surface area contributed by atoms with Crippen LogP contribution < -0.4 is 11.1 Å². The molecule has 0 aliphatic rings. The number of carbonyl (C=O) groups is 2. The highest BCUT2D eigenvalue weighted by Crippen LogP contribution is 2.10. The number of aryl methyl sites for hydroxylation is 1. The minimum Gasteiger partial charge on any atom is -0.395 e. The van der Waals surface area contributed by atoms with Crippen molar-refractivity contribution in [2.24, 2.45) is 5.73 Å². The molecule has 1 aromatic carbocycles. The number of nitrogens with one attached hydrogen (secondary N) is 1. The van der Waals surface area contributed by atoms with E-state index in [0.29, 0.717) is 12.0 Å². The molecule has 0 radical (unpaired) electrons. The van der Waals surface area contributed by atoms with Crippen LogP contribution in [0.3, 0.4) is 0 Å². The fourth-order valence-corrected chi connectivity index (χ4v) is 1.77. The lowest BCUT2D eigenvalue weighted by Crippen LogP contribution is -2.35. The molecule has 0 aromatic heterocycles. The zero-order chi connectivity index (χ0) is 15.8. The third kappa shape index (κ3) is 5.67. The highest BCUT2D eigenvalue weighted by atomic mass is 16.2. The molecule has 1 rings (SSSR count). The molecule has 0 aliphatic carbocycles. The summed E-state index contributed by atoms with van der Waals surface area (Å²) in [6.45, 7) is 3.63. The van der Waals surface area contributed by atoms with Gasteiger partial charge in [0, 0.05) is 30.0 Å². The molecule has 0 spiro atoms. The van der Waals surface area contributed by atoms with Gasteiger partial charge in [0.2, 0.25) is 5.91 Å². The molecular formula is C16H20N2O3. The number of rotatable bonds is 5. The maximum absolute atomic E-state index is 12.1. The van der Waals surface area contributed by atoms with Gasteiger partial charge >= 0.3 is 0 Å². The number of benzene rings is 1. The van der Waals surface area contributed by atoms with Crippen LogP contribution in [-0.2, 0) is 4.79 Å². The van der Waals surface area contributed by atoms with Crippen molar-refractivity contribution in [3.05, 3.63) is 34.9 Å². The molecule has 1 unspecified atom stereocenters. The first-order valence-electron chi connectivity index (χ1n) is 6.73. The van der Waals surface area contributed by atoms with Crippen LogP contribution in [0.25, 0.3) is 0 Å². The van der Waals surface area contributed by atoms with Crippen LogP contribution in [0, 0.1) is 18.8 Å². The van der Waals surface area contributed by atoms with E-state index in [1.54, 1.807) is 19.1 Å². The van der Waals surface area contributed by atoms with Gasteiger partial charge in [-0.1, -0.05) is 17.9 Å². The van der Waals surface area contributed by atoms with E-state index >= 15 is 0 Å². The first-order valence-corrected chi connectivity index (χ1v) is 6.73. The molecule has 112 valence electrons. The average Bonchev–Trinajstić information content (AvgIpc) is 2.39. The second-order valence-corrected chi connectivity index (χ2v) is 4.85. The third-order valence-corrected chi connectivity index (χ3v) is 2.84. The number of aliphatic hydroxyl groups is 1. The maximum Gasteiger partial charge on any atom is 0.251 e. The average molecular weight is 288 g/mol. The lowest BCUT2D eigenvalue weighted by Gasteiger charge is -2.12. The summed E-state index contributed by atoms with van der Waals surface area (Å²) in [5, 5.41) is 11.4. The van der Waals surface area contributed by atoms with Gasteiger partial charge in [-0.15, -0.1) is 0 Å². The van der Waals surface area contributed by atoms with E-state index in [9.17, 15) is 9.59 Å². The first kappa shape index (κ1) is 16.7. The summed E-state index contributed by atoms with van der Waals surface area (Å²) in [5.74, 6) is 5.04. The smallest absolute Gasteiger partial charge is 0.251 e. The molecule has 0 aliphatic heterocycles. The summed E-state index contributed by atoms with van der Waals surface area (Å²) in [4.78, 5) is 22.9. The Morgan fingerprint density at radius 2 is 2.14 bits per heavy atom. The fourth-order valence-electron chi connectivity index (χ4n) is 1.77. The van der Waals surface area contributed by atoms with E-state index in [2.05, 4.69) is 17.2 Å². The molecule has 0 heterocycles. The van der Waals surface area contributed by atoms with E-state index in [0.717, 1.165) is 11.1 Å². The van der Waals surface area contributed by atoms with Crippen molar-refractivity contribution in [3.8, 4) is 11.8 Å². The fraction of sp³-hybridized carbons (Fsp3) is 0.375. The van der Waals surface area contributed by atoms with Gasteiger partial charge in [0.15, 0.2) is 0 Å². The number of nitrogens with two attached hydrogens (primary N) is 1. The number of aliphatic hydroxyl groups excluding tert-OH is 1. The van der Waals surface area contributed by atoms with Crippen LogP contribution >= 0.6 is 0 Å². The molecule has 0 bridgehead atoms. The van der Waals surface area contributed by atoms with E-state index < -0.39 is 5.91 Å². The molecule has 5 nitrogen and oxygen atoms in total.